The number of hydrogen-bond acceptors (Lipinski definition) is 2. The van der Waals surface area contributed by atoms with Crippen LogP contribution in [0.4, 0.5) is 4.39 Å². The quantitative estimate of drug-likeness (QED) is 0.835. The molecule has 0 bridgehead atoms. The summed E-state index contributed by atoms with van der Waals surface area (Å²) in [5, 5.41) is 6.31. The summed E-state index contributed by atoms with van der Waals surface area (Å²) < 4.78 is 13.5. The molecular weight excluding hydrogens is 267 g/mol. The summed E-state index contributed by atoms with van der Waals surface area (Å²) in [6.45, 7) is 2.45. The third-order valence-corrected chi connectivity index (χ3v) is 4.65. The van der Waals surface area contributed by atoms with Crippen LogP contribution in [0.3, 0.4) is 0 Å². The van der Waals surface area contributed by atoms with Gasteiger partial charge in [0.1, 0.15) is 5.82 Å². The Labute approximate surface area is 124 Å². The zero-order chi connectivity index (χ0) is 14.7. The van der Waals surface area contributed by atoms with Gasteiger partial charge in [0.05, 0.1) is 5.41 Å². The Balaban J connectivity index is 1.70. The molecule has 3 nitrogen and oxygen atoms in total. The molecular formula is C17H21FN2O. The number of carbonyl (C=O) groups is 1. The van der Waals surface area contributed by atoms with E-state index in [1.165, 1.54) is 17.7 Å². The molecule has 4 heteroatoms. The number of nitrogens with one attached hydrogen (secondary N) is 2. The van der Waals surface area contributed by atoms with Gasteiger partial charge in [-0.15, -0.1) is 0 Å². The fraction of sp³-hybridized carbons (Fsp3) is 0.471. The van der Waals surface area contributed by atoms with Crippen molar-refractivity contribution in [3.63, 3.8) is 0 Å². The molecule has 1 fully saturated rings. The number of hydrogen-bond donors (Lipinski definition) is 2. The van der Waals surface area contributed by atoms with Gasteiger partial charge < -0.3 is 10.6 Å². The maximum absolute atomic E-state index is 13.5. The van der Waals surface area contributed by atoms with Crippen LogP contribution >= 0.6 is 0 Å². The van der Waals surface area contributed by atoms with Crippen LogP contribution in [0.5, 0.6) is 0 Å². The number of rotatable bonds is 4. The number of halogens is 1. The second-order valence-electron chi connectivity index (χ2n) is 5.95. The van der Waals surface area contributed by atoms with Gasteiger partial charge in [0, 0.05) is 13.1 Å². The van der Waals surface area contributed by atoms with Gasteiger partial charge in [-0.1, -0.05) is 30.2 Å². The second kappa shape index (κ2) is 5.98. The summed E-state index contributed by atoms with van der Waals surface area (Å²) in [6.07, 6.45) is 5.76. The van der Waals surface area contributed by atoms with Crippen LogP contribution in [-0.4, -0.2) is 25.5 Å². The summed E-state index contributed by atoms with van der Waals surface area (Å²) >= 11 is 0. The molecule has 0 atom stereocenters. The molecule has 112 valence electrons. The van der Waals surface area contributed by atoms with Crippen LogP contribution in [0.25, 0.3) is 0 Å². The minimum Gasteiger partial charge on any atom is -0.352 e. The Morgan fingerprint density at radius 1 is 1.38 bits per heavy atom. The normalized spacial score (nSPS) is 20.3. The summed E-state index contributed by atoms with van der Waals surface area (Å²) in [5.74, 6) is -0.230. The molecule has 21 heavy (non-hydrogen) atoms. The first-order valence-corrected chi connectivity index (χ1v) is 7.64. The Morgan fingerprint density at radius 3 is 2.86 bits per heavy atom. The van der Waals surface area contributed by atoms with E-state index in [0.717, 1.165) is 44.3 Å². The largest absolute Gasteiger partial charge is 0.352 e. The fourth-order valence-corrected chi connectivity index (χ4v) is 3.16. The average molecular weight is 288 g/mol. The van der Waals surface area contributed by atoms with Crippen LogP contribution in [0, 0.1) is 5.82 Å². The third kappa shape index (κ3) is 2.86. The van der Waals surface area contributed by atoms with Gasteiger partial charge in [-0.2, -0.15) is 0 Å². The highest BCUT2D eigenvalue weighted by molar-refractivity contribution is 5.89. The van der Waals surface area contributed by atoms with Crippen molar-refractivity contribution in [2.24, 2.45) is 0 Å². The smallest absolute Gasteiger partial charge is 0.230 e. The zero-order valence-corrected chi connectivity index (χ0v) is 12.1. The second-order valence-corrected chi connectivity index (χ2v) is 5.95. The van der Waals surface area contributed by atoms with Gasteiger partial charge in [-0.05, 0) is 43.5 Å². The van der Waals surface area contributed by atoms with E-state index in [9.17, 15) is 9.18 Å². The van der Waals surface area contributed by atoms with Crippen molar-refractivity contribution >= 4 is 5.91 Å². The molecule has 0 spiro atoms. The monoisotopic (exact) mass is 288 g/mol. The van der Waals surface area contributed by atoms with Crippen molar-refractivity contribution in [2.45, 2.75) is 31.1 Å². The van der Waals surface area contributed by atoms with Crippen molar-refractivity contribution in [1.29, 1.82) is 0 Å². The van der Waals surface area contributed by atoms with E-state index in [-0.39, 0.29) is 11.7 Å². The number of carbonyl (C=O) groups excluding carboxylic acids is 1. The number of benzene rings is 1. The summed E-state index contributed by atoms with van der Waals surface area (Å²) in [6, 6.07) is 6.48. The molecule has 3 rings (SSSR count). The van der Waals surface area contributed by atoms with Crippen molar-refractivity contribution in [3.8, 4) is 0 Å². The topological polar surface area (TPSA) is 41.1 Å². The molecule has 0 saturated heterocycles. The predicted octanol–water partition coefficient (Wildman–Crippen LogP) is 2.28. The number of amides is 1. The van der Waals surface area contributed by atoms with E-state index in [4.69, 9.17) is 0 Å². The Bertz CT molecular complexity index is 564. The predicted molar refractivity (Wildman–Crippen MR) is 80.5 cm³/mol. The molecule has 1 heterocycles. The van der Waals surface area contributed by atoms with E-state index >= 15 is 0 Å². The SMILES string of the molecule is O=C(NCC1=CCNCC1)C1(c2cccc(F)c2)CCC1. The molecule has 1 aromatic rings. The van der Waals surface area contributed by atoms with E-state index in [0.29, 0.717) is 6.54 Å². The lowest BCUT2D eigenvalue weighted by molar-refractivity contribution is -0.129. The van der Waals surface area contributed by atoms with Gasteiger partial charge in [-0.3, -0.25) is 4.79 Å². The average Bonchev–Trinajstić information content (AvgIpc) is 2.45. The Kier molecular flexibility index (Phi) is 4.06. The minimum atomic E-state index is -0.518. The maximum atomic E-state index is 13.5. The van der Waals surface area contributed by atoms with E-state index in [2.05, 4.69) is 16.7 Å². The van der Waals surface area contributed by atoms with Gasteiger partial charge in [-0.25, -0.2) is 4.39 Å². The van der Waals surface area contributed by atoms with Crippen LogP contribution in [-0.2, 0) is 10.2 Å². The van der Waals surface area contributed by atoms with E-state index in [1.807, 2.05) is 6.07 Å². The lowest BCUT2D eigenvalue weighted by Gasteiger charge is -2.40. The summed E-state index contributed by atoms with van der Waals surface area (Å²) in [7, 11) is 0. The third-order valence-electron chi connectivity index (χ3n) is 4.65. The lowest BCUT2D eigenvalue weighted by Crippen LogP contribution is -2.49. The van der Waals surface area contributed by atoms with Gasteiger partial charge in [0.15, 0.2) is 0 Å². The van der Waals surface area contributed by atoms with Gasteiger partial charge in [0.25, 0.3) is 0 Å². The molecule has 0 aromatic heterocycles. The van der Waals surface area contributed by atoms with E-state index in [1.54, 1.807) is 6.07 Å². The van der Waals surface area contributed by atoms with Crippen LogP contribution < -0.4 is 10.6 Å². The first-order valence-electron chi connectivity index (χ1n) is 7.64. The molecule has 0 unspecified atom stereocenters. The van der Waals surface area contributed by atoms with Crippen molar-refractivity contribution in [1.82, 2.24) is 10.6 Å². The zero-order valence-electron chi connectivity index (χ0n) is 12.1. The van der Waals surface area contributed by atoms with Crippen LogP contribution in [0.15, 0.2) is 35.9 Å². The van der Waals surface area contributed by atoms with E-state index < -0.39 is 5.41 Å². The van der Waals surface area contributed by atoms with Crippen LogP contribution in [0.2, 0.25) is 0 Å². The summed E-state index contributed by atoms with van der Waals surface area (Å²) in [5.41, 5.74) is 1.57. The molecule has 1 amide bonds. The standard InChI is InChI=1S/C17H21FN2O/c18-15-4-1-3-14(11-15)17(7-2-8-17)16(21)20-12-13-5-9-19-10-6-13/h1,3-5,11,19H,2,6-10,12H2,(H,20,21). The first-order chi connectivity index (χ1) is 10.2. The first kappa shape index (κ1) is 14.3. The highest BCUT2D eigenvalue weighted by Gasteiger charge is 2.45. The molecule has 0 radical (unpaired) electrons. The highest BCUT2D eigenvalue weighted by Crippen LogP contribution is 2.44. The van der Waals surface area contributed by atoms with Crippen molar-refractivity contribution in [3.05, 3.63) is 47.3 Å². The molecule has 1 saturated carbocycles. The Morgan fingerprint density at radius 2 is 2.24 bits per heavy atom. The van der Waals surface area contributed by atoms with Crippen molar-refractivity contribution < 1.29 is 9.18 Å². The van der Waals surface area contributed by atoms with Gasteiger partial charge in [0.2, 0.25) is 5.91 Å². The maximum Gasteiger partial charge on any atom is 0.230 e. The fourth-order valence-electron chi connectivity index (χ4n) is 3.16. The molecule has 2 aliphatic rings. The molecule has 2 N–H and O–H groups in total. The molecule has 1 aliphatic carbocycles. The van der Waals surface area contributed by atoms with Gasteiger partial charge >= 0.3 is 0 Å². The van der Waals surface area contributed by atoms with Crippen LogP contribution in [0.1, 0.15) is 31.2 Å². The lowest BCUT2D eigenvalue weighted by atomic mass is 9.63. The van der Waals surface area contributed by atoms with Crippen molar-refractivity contribution in [2.75, 3.05) is 19.6 Å². The minimum absolute atomic E-state index is 0.0405. The summed E-state index contributed by atoms with van der Waals surface area (Å²) in [4.78, 5) is 12.6. The highest BCUT2D eigenvalue weighted by atomic mass is 19.1. The molecule has 1 aromatic carbocycles. The Hall–Kier alpha value is -1.68. The molecule has 1 aliphatic heterocycles.